The number of alkyl halides is 1. The summed E-state index contributed by atoms with van der Waals surface area (Å²) in [6.45, 7) is 5.87. The summed E-state index contributed by atoms with van der Waals surface area (Å²) in [6.07, 6.45) is 0. The molecule has 1 unspecified atom stereocenters. The number of hydrogen-bond acceptors (Lipinski definition) is 2. The molecule has 0 aromatic heterocycles. The molecule has 0 radical (unpaired) electrons. The molecule has 0 spiro atoms. The Hall–Kier alpha value is -1.02. The van der Waals surface area contributed by atoms with Gasteiger partial charge in [0.15, 0.2) is 0 Å². The topological polar surface area (TPSA) is 26.3 Å². The van der Waals surface area contributed by atoms with Crippen LogP contribution in [0.4, 0.5) is 0 Å². The Bertz CT molecular complexity index is 359. The summed E-state index contributed by atoms with van der Waals surface area (Å²) >= 11 is 5.70. The fraction of sp³-hybridized carbons (Fsp3) is 0.417. The molecule has 0 amide bonds. The van der Waals surface area contributed by atoms with Crippen molar-refractivity contribution in [2.24, 2.45) is 0 Å². The minimum Gasteiger partial charge on any atom is -0.461 e. The Morgan fingerprint density at radius 2 is 2.13 bits per heavy atom. The predicted octanol–water partition coefficient (Wildman–Crippen LogP) is 3.09. The molecule has 0 fully saturated rings. The highest BCUT2D eigenvalue weighted by Gasteiger charge is 2.11. The van der Waals surface area contributed by atoms with E-state index in [1.54, 1.807) is 6.92 Å². The third-order valence-electron chi connectivity index (χ3n) is 2.06. The van der Waals surface area contributed by atoms with Gasteiger partial charge in [0.05, 0.1) is 10.9 Å². The second-order valence-corrected chi connectivity index (χ2v) is 4.44. The molecule has 0 aliphatic carbocycles. The highest BCUT2D eigenvalue weighted by Crippen LogP contribution is 2.12. The van der Waals surface area contributed by atoms with E-state index in [1.165, 1.54) is 0 Å². The molecule has 3 heteroatoms. The first kappa shape index (κ1) is 12.1. The molecular formula is C12H15ClO2. The molecule has 0 aliphatic rings. The van der Waals surface area contributed by atoms with Crippen LogP contribution < -0.4 is 0 Å². The lowest BCUT2D eigenvalue weighted by Crippen LogP contribution is -2.13. The number of aryl methyl sites for hydroxylation is 2. The van der Waals surface area contributed by atoms with Gasteiger partial charge in [-0.05, 0) is 32.4 Å². The summed E-state index contributed by atoms with van der Waals surface area (Å²) in [6, 6.07) is 5.71. The van der Waals surface area contributed by atoms with E-state index in [4.69, 9.17) is 16.3 Å². The number of hydrogen-bond donors (Lipinski definition) is 0. The predicted molar refractivity (Wildman–Crippen MR) is 61.5 cm³/mol. The van der Waals surface area contributed by atoms with E-state index in [-0.39, 0.29) is 18.0 Å². The molecule has 15 heavy (non-hydrogen) atoms. The summed E-state index contributed by atoms with van der Waals surface area (Å²) in [5, 5.41) is -0.154. The average molecular weight is 227 g/mol. The van der Waals surface area contributed by atoms with Gasteiger partial charge >= 0.3 is 5.97 Å². The minimum atomic E-state index is -0.302. The molecule has 0 saturated heterocycles. The number of rotatable bonds is 3. The van der Waals surface area contributed by atoms with Gasteiger partial charge in [0.25, 0.3) is 0 Å². The van der Waals surface area contributed by atoms with Crippen LogP contribution in [-0.4, -0.2) is 18.0 Å². The van der Waals surface area contributed by atoms with Gasteiger partial charge in [0.1, 0.15) is 6.61 Å². The number of carbonyl (C=O) groups is 1. The Morgan fingerprint density at radius 1 is 1.47 bits per heavy atom. The quantitative estimate of drug-likeness (QED) is 0.585. The van der Waals surface area contributed by atoms with Gasteiger partial charge in [-0.2, -0.15) is 0 Å². The van der Waals surface area contributed by atoms with Crippen molar-refractivity contribution >= 4 is 17.6 Å². The molecule has 1 aromatic rings. The zero-order valence-corrected chi connectivity index (χ0v) is 9.97. The number of ether oxygens (including phenoxy) is 1. The highest BCUT2D eigenvalue weighted by molar-refractivity contribution is 6.20. The first-order valence-corrected chi connectivity index (χ1v) is 5.33. The maximum absolute atomic E-state index is 11.6. The summed E-state index contributed by atoms with van der Waals surface area (Å²) in [7, 11) is 0. The minimum absolute atomic E-state index is 0.154. The maximum Gasteiger partial charge on any atom is 0.338 e. The van der Waals surface area contributed by atoms with Crippen molar-refractivity contribution in [3.8, 4) is 0 Å². The van der Waals surface area contributed by atoms with Gasteiger partial charge in [-0.1, -0.05) is 17.7 Å². The third kappa shape index (κ3) is 3.56. The lowest BCUT2D eigenvalue weighted by Gasteiger charge is -2.08. The van der Waals surface area contributed by atoms with Gasteiger partial charge in [-0.15, -0.1) is 11.6 Å². The van der Waals surface area contributed by atoms with Crippen molar-refractivity contribution in [2.45, 2.75) is 26.1 Å². The second kappa shape index (κ2) is 5.17. The second-order valence-electron chi connectivity index (χ2n) is 3.70. The summed E-state index contributed by atoms with van der Waals surface area (Å²) in [5.41, 5.74) is 2.59. The zero-order valence-electron chi connectivity index (χ0n) is 9.21. The largest absolute Gasteiger partial charge is 0.461 e. The van der Waals surface area contributed by atoms with Crippen LogP contribution in [0.15, 0.2) is 18.2 Å². The monoisotopic (exact) mass is 226 g/mol. The fourth-order valence-corrected chi connectivity index (χ4v) is 1.29. The Balaban J connectivity index is 2.77. The molecule has 0 N–H and O–H groups in total. The number of carbonyl (C=O) groups excluding carboxylic acids is 1. The van der Waals surface area contributed by atoms with Gasteiger partial charge in [0, 0.05) is 0 Å². The Morgan fingerprint density at radius 3 is 2.73 bits per heavy atom. The van der Waals surface area contributed by atoms with Crippen molar-refractivity contribution in [1.82, 2.24) is 0 Å². The molecule has 1 aromatic carbocycles. The van der Waals surface area contributed by atoms with Crippen molar-refractivity contribution in [1.29, 1.82) is 0 Å². The highest BCUT2D eigenvalue weighted by atomic mass is 35.5. The molecule has 0 heterocycles. The van der Waals surface area contributed by atoms with E-state index >= 15 is 0 Å². The molecule has 2 nitrogen and oxygen atoms in total. The van der Waals surface area contributed by atoms with Crippen LogP contribution >= 0.6 is 11.6 Å². The molecule has 0 aliphatic heterocycles. The molecule has 0 saturated carbocycles. The molecule has 0 bridgehead atoms. The molecular weight excluding hydrogens is 212 g/mol. The summed E-state index contributed by atoms with van der Waals surface area (Å²) in [5.74, 6) is -0.302. The van der Waals surface area contributed by atoms with Gasteiger partial charge < -0.3 is 4.74 Å². The lowest BCUT2D eigenvalue weighted by molar-refractivity contribution is 0.0507. The van der Waals surface area contributed by atoms with Crippen LogP contribution in [0.2, 0.25) is 0 Å². The van der Waals surface area contributed by atoms with Gasteiger partial charge in [-0.3, -0.25) is 0 Å². The molecule has 82 valence electrons. The van der Waals surface area contributed by atoms with Crippen LogP contribution in [-0.2, 0) is 4.74 Å². The van der Waals surface area contributed by atoms with E-state index in [9.17, 15) is 4.79 Å². The van der Waals surface area contributed by atoms with Crippen molar-refractivity contribution in [3.63, 3.8) is 0 Å². The van der Waals surface area contributed by atoms with E-state index in [0.717, 1.165) is 11.1 Å². The van der Waals surface area contributed by atoms with Crippen LogP contribution in [0, 0.1) is 13.8 Å². The molecule has 1 rings (SSSR count). The van der Waals surface area contributed by atoms with Crippen molar-refractivity contribution in [2.75, 3.05) is 6.61 Å². The van der Waals surface area contributed by atoms with E-state index in [2.05, 4.69) is 0 Å². The first-order chi connectivity index (χ1) is 7.00. The Labute approximate surface area is 95.2 Å². The zero-order chi connectivity index (χ0) is 11.4. The SMILES string of the molecule is Cc1ccc(C)c(C(=O)OCC(C)Cl)c1. The maximum atomic E-state index is 11.6. The van der Waals surface area contributed by atoms with E-state index < -0.39 is 0 Å². The van der Waals surface area contributed by atoms with E-state index in [0.29, 0.717) is 5.56 Å². The van der Waals surface area contributed by atoms with Crippen molar-refractivity contribution < 1.29 is 9.53 Å². The third-order valence-corrected chi connectivity index (χ3v) is 2.18. The van der Waals surface area contributed by atoms with Gasteiger partial charge in [-0.25, -0.2) is 4.79 Å². The van der Waals surface area contributed by atoms with Gasteiger partial charge in [0.2, 0.25) is 0 Å². The number of esters is 1. The van der Waals surface area contributed by atoms with Crippen LogP contribution in [0.25, 0.3) is 0 Å². The normalized spacial score (nSPS) is 12.3. The van der Waals surface area contributed by atoms with Crippen molar-refractivity contribution in [3.05, 3.63) is 34.9 Å². The average Bonchev–Trinajstić information content (AvgIpc) is 2.18. The fourth-order valence-electron chi connectivity index (χ4n) is 1.22. The van der Waals surface area contributed by atoms with Crippen LogP contribution in [0.1, 0.15) is 28.4 Å². The van der Waals surface area contributed by atoms with Crippen LogP contribution in [0.3, 0.4) is 0 Å². The Kier molecular flexibility index (Phi) is 4.15. The number of halogens is 1. The lowest BCUT2D eigenvalue weighted by atomic mass is 10.1. The number of benzene rings is 1. The summed E-state index contributed by atoms with van der Waals surface area (Å²) in [4.78, 5) is 11.6. The smallest absolute Gasteiger partial charge is 0.338 e. The van der Waals surface area contributed by atoms with E-state index in [1.807, 2.05) is 32.0 Å². The summed E-state index contributed by atoms with van der Waals surface area (Å²) < 4.78 is 5.05. The standard InChI is InChI=1S/C12H15ClO2/c1-8-4-5-9(2)11(6-8)12(14)15-7-10(3)13/h4-6,10H,7H2,1-3H3. The first-order valence-electron chi connectivity index (χ1n) is 4.89. The van der Waals surface area contributed by atoms with Crippen LogP contribution in [0.5, 0.6) is 0 Å². The molecule has 1 atom stereocenters.